The molecule has 3 heteroatoms. The number of rotatable bonds is 4. The van der Waals surface area contributed by atoms with Gasteiger partial charge >= 0.3 is 0 Å². The predicted molar refractivity (Wildman–Crippen MR) is 49.4 cm³/mol. The first-order valence-electron chi connectivity index (χ1n) is 4.32. The second kappa shape index (κ2) is 4.84. The van der Waals surface area contributed by atoms with Crippen molar-refractivity contribution in [2.24, 2.45) is 0 Å². The van der Waals surface area contributed by atoms with Gasteiger partial charge in [-0.05, 0) is 18.6 Å². The maximum atomic E-state index is 9.30. The Balaban J connectivity index is 2.50. The highest BCUT2D eigenvalue weighted by molar-refractivity contribution is 5.21. The highest BCUT2D eigenvalue weighted by atomic mass is 16.6. The van der Waals surface area contributed by atoms with Crippen LogP contribution in [0.3, 0.4) is 0 Å². The van der Waals surface area contributed by atoms with Crippen molar-refractivity contribution >= 4 is 0 Å². The summed E-state index contributed by atoms with van der Waals surface area (Å²) in [5.74, 6) is 0.558. The molecule has 0 spiro atoms. The van der Waals surface area contributed by atoms with Crippen LogP contribution in [0.15, 0.2) is 30.3 Å². The average Bonchev–Trinajstić information content (AvgIpc) is 2.18. The van der Waals surface area contributed by atoms with Gasteiger partial charge in [0.1, 0.15) is 11.9 Å². The molecule has 0 saturated heterocycles. The first-order chi connectivity index (χ1) is 6.24. The SMILES string of the molecule is CCC(O)C(O)Oc1ccccc1. The molecule has 72 valence electrons. The fourth-order valence-electron chi connectivity index (χ4n) is 0.919. The lowest BCUT2D eigenvalue weighted by atomic mass is 10.3. The van der Waals surface area contributed by atoms with Crippen molar-refractivity contribution in [2.45, 2.75) is 25.7 Å². The topological polar surface area (TPSA) is 49.7 Å². The summed E-state index contributed by atoms with van der Waals surface area (Å²) in [6, 6.07) is 8.92. The van der Waals surface area contributed by atoms with Gasteiger partial charge in [0.05, 0.1) is 0 Å². The van der Waals surface area contributed by atoms with Crippen LogP contribution in [0.5, 0.6) is 5.75 Å². The van der Waals surface area contributed by atoms with Crippen LogP contribution < -0.4 is 4.74 Å². The predicted octanol–water partition coefficient (Wildman–Crippen LogP) is 1.15. The first-order valence-corrected chi connectivity index (χ1v) is 4.32. The Morgan fingerprint density at radius 2 is 1.85 bits per heavy atom. The van der Waals surface area contributed by atoms with E-state index in [1.54, 1.807) is 31.2 Å². The van der Waals surface area contributed by atoms with Crippen molar-refractivity contribution in [3.63, 3.8) is 0 Å². The summed E-state index contributed by atoms with van der Waals surface area (Å²) in [6.45, 7) is 1.78. The van der Waals surface area contributed by atoms with Gasteiger partial charge in [0, 0.05) is 0 Å². The first kappa shape index (κ1) is 10.0. The normalized spacial score (nSPS) is 15.0. The van der Waals surface area contributed by atoms with E-state index in [4.69, 9.17) is 4.74 Å². The molecule has 1 aromatic rings. The Bertz CT molecular complexity index is 235. The fourth-order valence-corrected chi connectivity index (χ4v) is 0.919. The zero-order chi connectivity index (χ0) is 9.68. The van der Waals surface area contributed by atoms with Gasteiger partial charge in [0.25, 0.3) is 0 Å². The number of hydrogen-bond donors (Lipinski definition) is 2. The minimum atomic E-state index is -1.15. The highest BCUT2D eigenvalue weighted by Crippen LogP contribution is 2.12. The quantitative estimate of drug-likeness (QED) is 0.687. The van der Waals surface area contributed by atoms with Crippen LogP contribution in [0, 0.1) is 0 Å². The van der Waals surface area contributed by atoms with E-state index in [9.17, 15) is 10.2 Å². The second-order valence-electron chi connectivity index (χ2n) is 2.80. The third-order valence-corrected chi connectivity index (χ3v) is 1.75. The monoisotopic (exact) mass is 182 g/mol. The molecular formula is C10H14O3. The molecule has 2 N–H and O–H groups in total. The van der Waals surface area contributed by atoms with E-state index in [1.165, 1.54) is 0 Å². The van der Waals surface area contributed by atoms with Crippen LogP contribution in [0.4, 0.5) is 0 Å². The molecule has 1 rings (SSSR count). The summed E-state index contributed by atoms with van der Waals surface area (Å²) in [6.07, 6.45) is -1.51. The van der Waals surface area contributed by atoms with Gasteiger partial charge < -0.3 is 14.9 Å². The lowest BCUT2D eigenvalue weighted by molar-refractivity contribution is -0.104. The Morgan fingerprint density at radius 1 is 1.23 bits per heavy atom. The van der Waals surface area contributed by atoms with Crippen LogP contribution >= 0.6 is 0 Å². The minimum absolute atomic E-state index is 0.466. The Kier molecular flexibility index (Phi) is 3.73. The van der Waals surface area contributed by atoms with Crippen LogP contribution in [-0.4, -0.2) is 22.6 Å². The van der Waals surface area contributed by atoms with Gasteiger partial charge in [-0.2, -0.15) is 0 Å². The van der Waals surface area contributed by atoms with Crippen molar-refractivity contribution in [1.82, 2.24) is 0 Å². The molecule has 2 unspecified atom stereocenters. The number of aliphatic hydroxyl groups is 2. The lowest BCUT2D eigenvalue weighted by Crippen LogP contribution is -2.30. The van der Waals surface area contributed by atoms with E-state index in [2.05, 4.69) is 0 Å². The molecule has 0 heterocycles. The summed E-state index contributed by atoms with van der Waals surface area (Å²) >= 11 is 0. The summed E-state index contributed by atoms with van der Waals surface area (Å²) < 4.78 is 5.07. The minimum Gasteiger partial charge on any atom is -0.462 e. The van der Waals surface area contributed by atoms with Crippen molar-refractivity contribution in [2.75, 3.05) is 0 Å². The molecule has 0 aromatic heterocycles. The van der Waals surface area contributed by atoms with Crippen LogP contribution in [0.1, 0.15) is 13.3 Å². The van der Waals surface area contributed by atoms with Gasteiger partial charge in [-0.3, -0.25) is 0 Å². The second-order valence-corrected chi connectivity index (χ2v) is 2.80. The zero-order valence-corrected chi connectivity index (χ0v) is 7.55. The van der Waals surface area contributed by atoms with Crippen LogP contribution in [-0.2, 0) is 0 Å². The summed E-state index contributed by atoms with van der Waals surface area (Å²) in [4.78, 5) is 0. The molecule has 0 fully saturated rings. The molecule has 0 radical (unpaired) electrons. The van der Waals surface area contributed by atoms with E-state index in [0.29, 0.717) is 12.2 Å². The van der Waals surface area contributed by atoms with E-state index >= 15 is 0 Å². The van der Waals surface area contributed by atoms with Crippen LogP contribution in [0.25, 0.3) is 0 Å². The molecule has 0 amide bonds. The van der Waals surface area contributed by atoms with Crippen molar-refractivity contribution in [3.05, 3.63) is 30.3 Å². The molecule has 0 saturated carbocycles. The summed E-state index contributed by atoms with van der Waals surface area (Å²) in [5, 5.41) is 18.5. The number of benzene rings is 1. The van der Waals surface area contributed by atoms with Gasteiger partial charge in [0.15, 0.2) is 0 Å². The van der Waals surface area contributed by atoms with E-state index < -0.39 is 12.4 Å². The number of hydrogen-bond acceptors (Lipinski definition) is 3. The summed E-state index contributed by atoms with van der Waals surface area (Å²) in [7, 11) is 0. The largest absolute Gasteiger partial charge is 0.462 e. The maximum absolute atomic E-state index is 9.30. The Morgan fingerprint density at radius 3 is 2.38 bits per heavy atom. The van der Waals surface area contributed by atoms with Crippen molar-refractivity contribution in [1.29, 1.82) is 0 Å². The highest BCUT2D eigenvalue weighted by Gasteiger charge is 2.14. The molecule has 0 bridgehead atoms. The van der Waals surface area contributed by atoms with Gasteiger partial charge in [-0.15, -0.1) is 0 Å². The molecule has 2 atom stereocenters. The third-order valence-electron chi connectivity index (χ3n) is 1.75. The van der Waals surface area contributed by atoms with Gasteiger partial charge in [-0.25, -0.2) is 0 Å². The van der Waals surface area contributed by atoms with E-state index in [0.717, 1.165) is 0 Å². The lowest BCUT2D eigenvalue weighted by Gasteiger charge is -2.17. The van der Waals surface area contributed by atoms with E-state index in [1.807, 2.05) is 6.07 Å². The molecule has 0 aliphatic rings. The number of para-hydroxylation sites is 1. The molecular weight excluding hydrogens is 168 g/mol. The molecule has 3 nitrogen and oxygen atoms in total. The standard InChI is InChI=1S/C10H14O3/c1-2-9(11)10(12)13-8-6-4-3-5-7-8/h3-7,9-12H,2H2,1H3. The fraction of sp³-hybridized carbons (Fsp3) is 0.400. The Labute approximate surface area is 77.6 Å². The Hall–Kier alpha value is -1.06. The number of aliphatic hydroxyl groups excluding tert-OH is 2. The average molecular weight is 182 g/mol. The molecule has 1 aromatic carbocycles. The van der Waals surface area contributed by atoms with Gasteiger partial charge in [0.2, 0.25) is 6.29 Å². The maximum Gasteiger partial charge on any atom is 0.223 e. The molecule has 0 aliphatic carbocycles. The summed E-state index contributed by atoms with van der Waals surface area (Å²) in [5.41, 5.74) is 0. The smallest absolute Gasteiger partial charge is 0.223 e. The van der Waals surface area contributed by atoms with Crippen molar-refractivity contribution < 1.29 is 14.9 Å². The van der Waals surface area contributed by atoms with Gasteiger partial charge in [-0.1, -0.05) is 25.1 Å². The number of ether oxygens (including phenoxy) is 1. The van der Waals surface area contributed by atoms with E-state index in [-0.39, 0.29) is 0 Å². The molecule has 13 heavy (non-hydrogen) atoms. The van der Waals surface area contributed by atoms with Crippen molar-refractivity contribution in [3.8, 4) is 5.75 Å². The molecule has 0 aliphatic heterocycles. The zero-order valence-electron chi connectivity index (χ0n) is 7.55. The third kappa shape index (κ3) is 3.05. The van der Waals surface area contributed by atoms with Crippen LogP contribution in [0.2, 0.25) is 0 Å².